The van der Waals surface area contributed by atoms with Crippen molar-refractivity contribution in [2.45, 2.75) is 26.2 Å². The number of terminal acetylenes is 1. The molecule has 1 fully saturated rings. The summed E-state index contributed by atoms with van der Waals surface area (Å²) in [5.74, 6) is 4.16. The van der Waals surface area contributed by atoms with E-state index in [0.717, 1.165) is 5.92 Å². The lowest BCUT2D eigenvalue weighted by molar-refractivity contribution is 0.261. The van der Waals surface area contributed by atoms with Gasteiger partial charge >= 0.3 is 0 Å². The zero-order valence-electron chi connectivity index (χ0n) is 5.35. The summed E-state index contributed by atoms with van der Waals surface area (Å²) in [6.07, 6.45) is 9.36. The molecular formula is C8H12. The lowest BCUT2D eigenvalue weighted by Gasteiger charge is -2.27. The minimum absolute atomic E-state index is 0.531. The molecule has 1 saturated carbocycles. The van der Waals surface area contributed by atoms with Crippen molar-refractivity contribution in [2.75, 3.05) is 0 Å². The van der Waals surface area contributed by atoms with E-state index >= 15 is 0 Å². The molecule has 8 heavy (non-hydrogen) atoms. The fourth-order valence-electron chi connectivity index (χ4n) is 1.08. The predicted octanol–water partition coefficient (Wildman–Crippen LogP) is 2.06. The van der Waals surface area contributed by atoms with E-state index in [4.69, 9.17) is 6.42 Å². The van der Waals surface area contributed by atoms with E-state index in [0.29, 0.717) is 5.92 Å². The van der Waals surface area contributed by atoms with Crippen LogP contribution in [0.15, 0.2) is 0 Å². The average molecular weight is 108 g/mol. The van der Waals surface area contributed by atoms with Crippen LogP contribution in [0.25, 0.3) is 0 Å². The lowest BCUT2D eigenvalue weighted by Crippen LogP contribution is -2.17. The van der Waals surface area contributed by atoms with Crippen LogP contribution in [0, 0.1) is 24.2 Å². The molecule has 44 valence electrons. The topological polar surface area (TPSA) is 0 Å². The Morgan fingerprint density at radius 1 is 1.62 bits per heavy atom. The second-order valence-corrected chi connectivity index (χ2v) is 2.65. The third-order valence-corrected chi connectivity index (χ3v) is 2.12. The second kappa shape index (κ2) is 2.22. The van der Waals surface area contributed by atoms with E-state index in [9.17, 15) is 0 Å². The zero-order chi connectivity index (χ0) is 5.98. The molecule has 0 aromatic rings. The van der Waals surface area contributed by atoms with Crippen molar-refractivity contribution in [3.05, 3.63) is 0 Å². The second-order valence-electron chi connectivity index (χ2n) is 2.65. The summed E-state index contributed by atoms with van der Waals surface area (Å²) in [5, 5.41) is 0. The molecular weight excluding hydrogens is 96.1 g/mol. The van der Waals surface area contributed by atoms with E-state index in [1.54, 1.807) is 0 Å². The Hall–Kier alpha value is -0.440. The first kappa shape index (κ1) is 5.69. The summed E-state index contributed by atoms with van der Waals surface area (Å²) >= 11 is 0. The lowest BCUT2D eigenvalue weighted by atomic mass is 9.77. The SMILES string of the molecule is C#CC(C)C1CCC1. The van der Waals surface area contributed by atoms with Gasteiger partial charge in [0.1, 0.15) is 0 Å². The quantitative estimate of drug-likeness (QED) is 0.451. The van der Waals surface area contributed by atoms with Gasteiger partial charge in [-0.15, -0.1) is 12.3 Å². The van der Waals surface area contributed by atoms with Crippen LogP contribution in [0.3, 0.4) is 0 Å². The molecule has 0 saturated heterocycles. The molecule has 0 aliphatic heterocycles. The maximum atomic E-state index is 5.23. The Morgan fingerprint density at radius 2 is 2.25 bits per heavy atom. The Kier molecular flexibility index (Phi) is 1.58. The first-order valence-corrected chi connectivity index (χ1v) is 3.30. The molecule has 0 nitrogen and oxygen atoms in total. The highest BCUT2D eigenvalue weighted by molar-refractivity contribution is 4.95. The van der Waals surface area contributed by atoms with Crippen molar-refractivity contribution in [3.63, 3.8) is 0 Å². The molecule has 0 N–H and O–H groups in total. The third-order valence-electron chi connectivity index (χ3n) is 2.12. The van der Waals surface area contributed by atoms with Gasteiger partial charge in [-0.3, -0.25) is 0 Å². The highest BCUT2D eigenvalue weighted by atomic mass is 14.3. The largest absolute Gasteiger partial charge is 0.120 e. The van der Waals surface area contributed by atoms with Gasteiger partial charge in [0.05, 0.1) is 0 Å². The molecule has 0 aromatic heterocycles. The molecule has 1 aliphatic carbocycles. The Bertz CT molecular complexity index is 104. The highest BCUT2D eigenvalue weighted by Gasteiger charge is 2.21. The standard InChI is InChI=1S/C8H12/c1-3-7(2)8-5-4-6-8/h1,7-8H,4-6H2,2H3. The van der Waals surface area contributed by atoms with Gasteiger partial charge in [0.2, 0.25) is 0 Å². The van der Waals surface area contributed by atoms with E-state index in [1.807, 2.05) is 0 Å². The minimum Gasteiger partial charge on any atom is -0.120 e. The molecule has 0 aromatic carbocycles. The molecule has 0 amide bonds. The van der Waals surface area contributed by atoms with Gasteiger partial charge in [-0.25, -0.2) is 0 Å². The first-order chi connectivity index (χ1) is 3.84. The number of hydrogen-bond donors (Lipinski definition) is 0. The Balaban J connectivity index is 2.26. The van der Waals surface area contributed by atoms with Gasteiger partial charge in [0, 0.05) is 5.92 Å². The Labute approximate surface area is 51.3 Å². The number of rotatable bonds is 1. The third kappa shape index (κ3) is 0.865. The van der Waals surface area contributed by atoms with Crippen LogP contribution in [0.5, 0.6) is 0 Å². The summed E-state index contributed by atoms with van der Waals surface area (Å²) in [7, 11) is 0. The molecule has 0 radical (unpaired) electrons. The first-order valence-electron chi connectivity index (χ1n) is 3.30. The van der Waals surface area contributed by atoms with Crippen LogP contribution in [0.1, 0.15) is 26.2 Å². The van der Waals surface area contributed by atoms with Crippen LogP contribution < -0.4 is 0 Å². The monoisotopic (exact) mass is 108 g/mol. The predicted molar refractivity (Wildman–Crippen MR) is 35.3 cm³/mol. The Morgan fingerprint density at radius 3 is 2.38 bits per heavy atom. The van der Waals surface area contributed by atoms with Crippen LogP contribution in [0.2, 0.25) is 0 Å². The van der Waals surface area contributed by atoms with Crippen molar-refractivity contribution in [3.8, 4) is 12.3 Å². The molecule has 1 atom stereocenters. The van der Waals surface area contributed by atoms with Crippen molar-refractivity contribution in [1.82, 2.24) is 0 Å². The normalized spacial score (nSPS) is 23.5. The van der Waals surface area contributed by atoms with Crippen LogP contribution in [-0.4, -0.2) is 0 Å². The van der Waals surface area contributed by atoms with Gasteiger partial charge in [-0.05, 0) is 18.8 Å². The van der Waals surface area contributed by atoms with Crippen LogP contribution >= 0.6 is 0 Å². The maximum Gasteiger partial charge on any atom is 0.0200 e. The van der Waals surface area contributed by atoms with E-state index in [-0.39, 0.29) is 0 Å². The average Bonchev–Trinajstić information content (AvgIpc) is 1.62. The molecule has 0 heteroatoms. The highest BCUT2D eigenvalue weighted by Crippen LogP contribution is 2.32. The fraction of sp³-hybridized carbons (Fsp3) is 0.750. The van der Waals surface area contributed by atoms with Gasteiger partial charge in [-0.2, -0.15) is 0 Å². The summed E-state index contributed by atoms with van der Waals surface area (Å²) in [6.45, 7) is 2.14. The van der Waals surface area contributed by atoms with Crippen molar-refractivity contribution < 1.29 is 0 Å². The summed E-state index contributed by atoms with van der Waals surface area (Å²) in [6, 6.07) is 0. The molecule has 0 heterocycles. The van der Waals surface area contributed by atoms with Crippen LogP contribution in [-0.2, 0) is 0 Å². The summed E-state index contributed by atoms with van der Waals surface area (Å²) < 4.78 is 0. The molecule has 1 rings (SSSR count). The van der Waals surface area contributed by atoms with Crippen molar-refractivity contribution >= 4 is 0 Å². The van der Waals surface area contributed by atoms with Crippen LogP contribution in [0.4, 0.5) is 0 Å². The summed E-state index contributed by atoms with van der Waals surface area (Å²) in [5.41, 5.74) is 0. The molecule has 0 spiro atoms. The molecule has 0 bridgehead atoms. The van der Waals surface area contributed by atoms with E-state index < -0.39 is 0 Å². The van der Waals surface area contributed by atoms with E-state index in [1.165, 1.54) is 19.3 Å². The van der Waals surface area contributed by atoms with Crippen molar-refractivity contribution in [1.29, 1.82) is 0 Å². The minimum atomic E-state index is 0.531. The number of hydrogen-bond acceptors (Lipinski definition) is 0. The van der Waals surface area contributed by atoms with Gasteiger partial charge in [0.25, 0.3) is 0 Å². The molecule has 1 aliphatic rings. The van der Waals surface area contributed by atoms with Gasteiger partial charge in [0.15, 0.2) is 0 Å². The fourth-order valence-corrected chi connectivity index (χ4v) is 1.08. The van der Waals surface area contributed by atoms with Gasteiger partial charge in [-0.1, -0.05) is 13.3 Å². The van der Waals surface area contributed by atoms with Crippen molar-refractivity contribution in [2.24, 2.45) is 11.8 Å². The smallest absolute Gasteiger partial charge is 0.0200 e. The molecule has 1 unspecified atom stereocenters. The summed E-state index contributed by atoms with van der Waals surface area (Å²) in [4.78, 5) is 0. The zero-order valence-corrected chi connectivity index (χ0v) is 5.35. The van der Waals surface area contributed by atoms with Gasteiger partial charge < -0.3 is 0 Å². The van der Waals surface area contributed by atoms with E-state index in [2.05, 4.69) is 12.8 Å². The maximum absolute atomic E-state index is 5.23.